The fraction of sp³-hybridized carbons (Fsp3) is 0.682. The molecule has 2 aromatic rings. The van der Waals surface area contributed by atoms with Crippen molar-refractivity contribution in [2.75, 3.05) is 6.61 Å². The number of hydrogen-bond donors (Lipinski definition) is 3. The summed E-state index contributed by atoms with van der Waals surface area (Å²) in [5.74, 6) is 0.565. The number of fused-ring (bicyclic) bond motifs is 1. The number of rotatable bonds is 9. The number of aliphatic hydroxyl groups is 1. The minimum atomic E-state index is -1.16. The predicted molar refractivity (Wildman–Crippen MR) is 119 cm³/mol. The zero-order valence-corrected chi connectivity index (χ0v) is 19.0. The lowest BCUT2D eigenvalue weighted by molar-refractivity contribution is 0.0876. The lowest BCUT2D eigenvalue weighted by Gasteiger charge is -2.19. The Morgan fingerprint density at radius 2 is 2.07 bits per heavy atom. The Labute approximate surface area is 173 Å². The van der Waals surface area contributed by atoms with E-state index in [9.17, 15) is 9.90 Å². The first-order valence-corrected chi connectivity index (χ1v) is 14.8. The molecule has 2 aliphatic carbocycles. The second-order valence-electron chi connectivity index (χ2n) is 10.0. The lowest BCUT2D eigenvalue weighted by Crippen LogP contribution is -2.35. The van der Waals surface area contributed by atoms with Crippen LogP contribution >= 0.6 is 0 Å². The molecule has 2 fully saturated rings. The van der Waals surface area contributed by atoms with Gasteiger partial charge in [0.05, 0.1) is 6.10 Å². The van der Waals surface area contributed by atoms with Crippen LogP contribution in [0, 0.1) is 0 Å². The summed E-state index contributed by atoms with van der Waals surface area (Å²) in [5.41, 5.74) is 2.99. The zero-order valence-electron chi connectivity index (χ0n) is 18.0. The van der Waals surface area contributed by atoms with Gasteiger partial charge in [0, 0.05) is 44.5 Å². The van der Waals surface area contributed by atoms with Crippen LogP contribution in [0.1, 0.15) is 49.3 Å². The molecule has 0 amide bonds. The molecule has 29 heavy (non-hydrogen) atoms. The van der Waals surface area contributed by atoms with E-state index in [1.54, 1.807) is 0 Å². The van der Waals surface area contributed by atoms with Crippen molar-refractivity contribution in [3.63, 3.8) is 0 Å². The summed E-state index contributed by atoms with van der Waals surface area (Å²) in [5, 5.41) is 14.7. The minimum Gasteiger partial charge on any atom is -0.392 e. The highest BCUT2D eigenvalue weighted by Gasteiger charge is 2.29. The molecular weight excluding hydrogens is 382 g/mol. The van der Waals surface area contributed by atoms with Gasteiger partial charge in [0.2, 0.25) is 0 Å². The maximum atomic E-state index is 12.7. The number of nitrogens with one attached hydrogen (secondary N) is 2. The van der Waals surface area contributed by atoms with Crippen LogP contribution in [-0.4, -0.2) is 41.5 Å². The summed E-state index contributed by atoms with van der Waals surface area (Å²) in [6.07, 6.45) is 6.95. The monoisotopic (exact) mass is 417 g/mol. The average Bonchev–Trinajstić information content (AvgIpc) is 3.31. The minimum absolute atomic E-state index is 0.0506. The number of nitrogens with zero attached hydrogens (tertiary/aromatic N) is 1. The smallest absolute Gasteiger partial charge is 0.272 e. The summed E-state index contributed by atoms with van der Waals surface area (Å²) in [6.45, 7) is 8.79. The molecule has 0 aliphatic heterocycles. The average molecular weight is 418 g/mol. The van der Waals surface area contributed by atoms with E-state index in [2.05, 4.69) is 36.0 Å². The number of pyridine rings is 1. The Balaban J connectivity index is 1.60. The highest BCUT2D eigenvalue weighted by atomic mass is 28.3. The van der Waals surface area contributed by atoms with Gasteiger partial charge in [0.1, 0.15) is 12.2 Å². The first-order valence-electron chi connectivity index (χ1n) is 11.1. The van der Waals surface area contributed by atoms with E-state index in [0.717, 1.165) is 48.5 Å². The fourth-order valence-corrected chi connectivity index (χ4v) is 5.09. The van der Waals surface area contributed by atoms with Gasteiger partial charge in [-0.1, -0.05) is 19.6 Å². The second kappa shape index (κ2) is 8.38. The van der Waals surface area contributed by atoms with Crippen molar-refractivity contribution >= 4 is 19.0 Å². The molecule has 0 unspecified atom stereocenters. The van der Waals surface area contributed by atoms with E-state index in [0.29, 0.717) is 19.2 Å². The van der Waals surface area contributed by atoms with Crippen molar-refractivity contribution in [3.8, 4) is 0 Å². The predicted octanol–water partition coefficient (Wildman–Crippen LogP) is 3.52. The maximum absolute atomic E-state index is 12.7. The Kier molecular flexibility index (Phi) is 6.02. The Morgan fingerprint density at radius 3 is 2.72 bits per heavy atom. The Hall–Kier alpha value is -1.41. The lowest BCUT2D eigenvalue weighted by atomic mass is 10.1. The van der Waals surface area contributed by atoms with E-state index in [1.165, 1.54) is 18.4 Å². The van der Waals surface area contributed by atoms with Gasteiger partial charge in [-0.3, -0.25) is 4.79 Å². The third kappa shape index (κ3) is 4.85. The maximum Gasteiger partial charge on any atom is 0.272 e. The molecule has 7 heteroatoms. The Bertz CT molecular complexity index is 910. The van der Waals surface area contributed by atoms with Gasteiger partial charge < -0.3 is 24.7 Å². The summed E-state index contributed by atoms with van der Waals surface area (Å²) >= 11 is 0. The van der Waals surface area contributed by atoms with Crippen LogP contribution in [-0.2, 0) is 18.0 Å². The second-order valence-corrected chi connectivity index (χ2v) is 15.6. The van der Waals surface area contributed by atoms with Crippen LogP contribution in [0.2, 0.25) is 25.7 Å². The van der Waals surface area contributed by atoms with E-state index in [1.807, 2.05) is 10.8 Å². The van der Waals surface area contributed by atoms with Crippen molar-refractivity contribution in [2.45, 2.75) is 89.1 Å². The molecule has 0 radical (unpaired) electrons. The molecule has 2 heterocycles. The Morgan fingerprint density at radius 1 is 1.28 bits per heavy atom. The molecule has 0 saturated heterocycles. The van der Waals surface area contributed by atoms with Gasteiger partial charge in [0.25, 0.3) is 5.56 Å². The van der Waals surface area contributed by atoms with E-state index >= 15 is 0 Å². The molecule has 0 aromatic carbocycles. The normalized spacial score (nSPS) is 22.6. The highest BCUT2D eigenvalue weighted by molar-refractivity contribution is 6.76. The van der Waals surface area contributed by atoms with Crippen LogP contribution < -0.4 is 10.9 Å². The molecule has 2 aliphatic rings. The van der Waals surface area contributed by atoms with Crippen molar-refractivity contribution in [1.82, 2.24) is 14.9 Å². The van der Waals surface area contributed by atoms with E-state index < -0.39 is 8.07 Å². The van der Waals surface area contributed by atoms with Gasteiger partial charge in [-0.15, -0.1) is 0 Å². The molecule has 6 nitrogen and oxygen atoms in total. The van der Waals surface area contributed by atoms with Gasteiger partial charge in [0.15, 0.2) is 0 Å². The van der Waals surface area contributed by atoms with Crippen molar-refractivity contribution < 1.29 is 9.84 Å². The molecule has 2 atom stereocenters. The molecule has 0 bridgehead atoms. The summed E-state index contributed by atoms with van der Waals surface area (Å²) in [7, 11) is -1.16. The molecule has 160 valence electrons. The van der Waals surface area contributed by atoms with E-state index in [4.69, 9.17) is 4.74 Å². The van der Waals surface area contributed by atoms with Gasteiger partial charge >= 0.3 is 0 Å². The zero-order chi connectivity index (χ0) is 20.6. The number of hydrogen-bond acceptors (Lipinski definition) is 4. The first-order chi connectivity index (χ1) is 13.8. The largest absolute Gasteiger partial charge is 0.392 e. The van der Waals surface area contributed by atoms with Crippen LogP contribution in [0.5, 0.6) is 0 Å². The van der Waals surface area contributed by atoms with Gasteiger partial charge in [-0.2, -0.15) is 0 Å². The molecule has 4 rings (SSSR count). The van der Waals surface area contributed by atoms with Crippen LogP contribution in [0.4, 0.5) is 0 Å². The molecule has 3 N–H and O–H groups in total. The van der Waals surface area contributed by atoms with Crippen molar-refractivity contribution in [3.05, 3.63) is 33.9 Å². The fourth-order valence-electron chi connectivity index (χ4n) is 4.33. The highest BCUT2D eigenvalue weighted by Crippen LogP contribution is 2.42. The standard InChI is InChI=1S/C22H35N3O3Si/c1-29(2,3)10-9-28-14-25-16(12-23-19-5-4-6-20(19)26)11-17-18(15-7-8-15)13-24-22(27)21(17)25/h11,13,15,19-20,23,26H,4-10,12,14H2,1-3H3,(H,24,27)/t19-,20+/m0/s1. The van der Waals surface area contributed by atoms with Gasteiger partial charge in [-0.05, 0) is 55.7 Å². The topological polar surface area (TPSA) is 79.3 Å². The number of aliphatic hydroxyl groups excluding tert-OH is 1. The third-order valence-electron chi connectivity index (χ3n) is 6.33. The number of H-pyrrole nitrogens is 1. The van der Waals surface area contributed by atoms with Crippen LogP contribution in [0.3, 0.4) is 0 Å². The van der Waals surface area contributed by atoms with Crippen molar-refractivity contribution in [1.29, 1.82) is 0 Å². The van der Waals surface area contributed by atoms with Gasteiger partial charge in [-0.25, -0.2) is 0 Å². The third-order valence-corrected chi connectivity index (χ3v) is 8.03. The van der Waals surface area contributed by atoms with Crippen molar-refractivity contribution in [2.24, 2.45) is 0 Å². The first kappa shape index (κ1) is 20.8. The number of aromatic amines is 1. The molecule has 2 saturated carbocycles. The molecule has 0 spiro atoms. The number of ether oxygens (including phenoxy) is 1. The van der Waals surface area contributed by atoms with Crippen LogP contribution in [0.25, 0.3) is 10.9 Å². The SMILES string of the molecule is C[Si](C)(C)CCOCn1c(CN[C@H]2CCC[C@H]2O)cc2c(C3CC3)c[nH]c(=O)c21. The molecular formula is C22H35N3O3Si. The quantitative estimate of drug-likeness (QED) is 0.431. The summed E-state index contributed by atoms with van der Waals surface area (Å²) in [6, 6.07) is 3.40. The number of aromatic nitrogens is 2. The summed E-state index contributed by atoms with van der Waals surface area (Å²) in [4.78, 5) is 15.7. The van der Waals surface area contributed by atoms with E-state index in [-0.39, 0.29) is 17.7 Å². The summed E-state index contributed by atoms with van der Waals surface area (Å²) < 4.78 is 8.07. The van der Waals surface area contributed by atoms with Crippen LogP contribution in [0.15, 0.2) is 17.1 Å². The molecule has 2 aromatic heterocycles.